The molecule has 1 saturated carbocycles. The highest BCUT2D eigenvalue weighted by Crippen LogP contribution is 2.42. The molecule has 2 rings (SSSR count). The summed E-state index contributed by atoms with van der Waals surface area (Å²) in [6, 6.07) is 0. The van der Waals surface area contributed by atoms with Gasteiger partial charge in [0, 0.05) is 11.5 Å². The van der Waals surface area contributed by atoms with Gasteiger partial charge in [-0.3, -0.25) is 0 Å². The number of aliphatic hydroxyl groups excluding tert-OH is 1. The van der Waals surface area contributed by atoms with Crippen molar-refractivity contribution in [1.29, 1.82) is 0 Å². The fraction of sp³-hybridized carbons (Fsp3) is 1.00. The third-order valence-electron chi connectivity index (χ3n) is 3.78. The van der Waals surface area contributed by atoms with Crippen molar-refractivity contribution in [2.45, 2.75) is 48.6 Å². The van der Waals surface area contributed by atoms with E-state index in [9.17, 15) is 5.11 Å². The molecule has 1 heterocycles. The maximum atomic E-state index is 9.62. The smallest absolute Gasteiger partial charge is 0.0704 e. The summed E-state index contributed by atoms with van der Waals surface area (Å²) in [5, 5.41) is 9.62. The van der Waals surface area contributed by atoms with Gasteiger partial charge in [0.25, 0.3) is 0 Å². The monoisotopic (exact) mass is 261 g/mol. The van der Waals surface area contributed by atoms with Crippen LogP contribution in [0.2, 0.25) is 0 Å². The molecule has 0 radical (unpaired) electrons. The van der Waals surface area contributed by atoms with Gasteiger partial charge in [-0.15, -0.1) is 23.5 Å². The zero-order chi connectivity index (χ0) is 11.4. The minimum Gasteiger partial charge on any atom is -0.394 e. The van der Waals surface area contributed by atoms with E-state index in [4.69, 9.17) is 5.73 Å². The van der Waals surface area contributed by atoms with Crippen molar-refractivity contribution in [3.63, 3.8) is 0 Å². The Bertz CT molecular complexity index is 215. The first-order valence-electron chi connectivity index (χ1n) is 6.37. The standard InChI is InChI=1S/C12H23NOS2/c13-12(9-14,11-15-6-7-16-11)8-10-4-2-1-3-5-10/h10-11,14H,1-9,13H2/t12-/m0/s1. The summed E-state index contributed by atoms with van der Waals surface area (Å²) in [6.45, 7) is 0.147. The van der Waals surface area contributed by atoms with Gasteiger partial charge < -0.3 is 10.8 Å². The average molecular weight is 261 g/mol. The average Bonchev–Trinajstić information content (AvgIpc) is 2.84. The molecule has 1 saturated heterocycles. The summed E-state index contributed by atoms with van der Waals surface area (Å²) in [7, 11) is 0. The second-order valence-electron chi connectivity index (χ2n) is 5.17. The molecule has 0 aromatic carbocycles. The lowest BCUT2D eigenvalue weighted by atomic mass is 9.80. The van der Waals surface area contributed by atoms with Crippen LogP contribution in [-0.2, 0) is 0 Å². The highest BCUT2D eigenvalue weighted by Gasteiger charge is 2.39. The van der Waals surface area contributed by atoms with Gasteiger partial charge in [-0.2, -0.15) is 0 Å². The van der Waals surface area contributed by atoms with Gasteiger partial charge in [-0.05, 0) is 12.3 Å². The Labute approximate surface area is 107 Å². The van der Waals surface area contributed by atoms with E-state index in [1.807, 2.05) is 23.5 Å². The largest absolute Gasteiger partial charge is 0.394 e. The molecule has 3 N–H and O–H groups in total. The summed E-state index contributed by atoms with van der Waals surface area (Å²) in [4.78, 5) is 0. The quantitative estimate of drug-likeness (QED) is 0.816. The molecule has 94 valence electrons. The van der Waals surface area contributed by atoms with Gasteiger partial charge in [-0.1, -0.05) is 32.1 Å². The zero-order valence-corrected chi connectivity index (χ0v) is 11.5. The van der Waals surface area contributed by atoms with Crippen molar-refractivity contribution in [2.24, 2.45) is 11.7 Å². The Morgan fingerprint density at radius 1 is 1.12 bits per heavy atom. The molecule has 0 unspecified atom stereocenters. The topological polar surface area (TPSA) is 46.2 Å². The molecule has 0 spiro atoms. The van der Waals surface area contributed by atoms with E-state index >= 15 is 0 Å². The summed E-state index contributed by atoms with van der Waals surface area (Å²) in [5.41, 5.74) is 6.10. The van der Waals surface area contributed by atoms with Gasteiger partial charge in [0.05, 0.1) is 16.7 Å². The molecule has 2 aliphatic rings. The maximum absolute atomic E-state index is 9.62. The van der Waals surface area contributed by atoms with Crippen LogP contribution in [0.1, 0.15) is 38.5 Å². The molecule has 2 nitrogen and oxygen atoms in total. The Hall–Kier alpha value is 0.620. The number of nitrogens with two attached hydrogens (primary N) is 1. The van der Waals surface area contributed by atoms with Crippen molar-refractivity contribution in [3.05, 3.63) is 0 Å². The fourth-order valence-corrected chi connectivity index (χ4v) is 6.02. The summed E-state index contributed by atoms with van der Waals surface area (Å²) < 4.78 is 0.416. The first-order valence-corrected chi connectivity index (χ1v) is 8.47. The molecule has 0 aromatic heterocycles. The van der Waals surface area contributed by atoms with E-state index < -0.39 is 0 Å². The van der Waals surface area contributed by atoms with Gasteiger partial charge in [0.1, 0.15) is 0 Å². The summed E-state index contributed by atoms with van der Waals surface area (Å²) >= 11 is 3.88. The van der Waals surface area contributed by atoms with E-state index in [2.05, 4.69) is 0 Å². The van der Waals surface area contributed by atoms with Crippen LogP contribution in [0.5, 0.6) is 0 Å². The second-order valence-corrected chi connectivity index (χ2v) is 7.90. The van der Waals surface area contributed by atoms with Crippen molar-refractivity contribution in [2.75, 3.05) is 18.1 Å². The van der Waals surface area contributed by atoms with Crippen LogP contribution in [0.15, 0.2) is 0 Å². The predicted molar refractivity (Wildman–Crippen MR) is 73.9 cm³/mol. The molecule has 0 bridgehead atoms. The van der Waals surface area contributed by atoms with Crippen molar-refractivity contribution in [1.82, 2.24) is 0 Å². The Morgan fingerprint density at radius 3 is 2.31 bits per heavy atom. The van der Waals surface area contributed by atoms with Gasteiger partial charge in [0.2, 0.25) is 0 Å². The lowest BCUT2D eigenvalue weighted by molar-refractivity contribution is 0.166. The van der Waals surface area contributed by atoms with Crippen LogP contribution >= 0.6 is 23.5 Å². The first-order chi connectivity index (χ1) is 7.74. The molecular weight excluding hydrogens is 238 g/mol. The van der Waals surface area contributed by atoms with E-state index in [0.29, 0.717) is 4.58 Å². The Morgan fingerprint density at radius 2 is 1.75 bits per heavy atom. The number of aliphatic hydroxyl groups is 1. The Balaban J connectivity index is 1.91. The maximum Gasteiger partial charge on any atom is 0.0704 e. The number of hydrogen-bond acceptors (Lipinski definition) is 4. The number of hydrogen-bond donors (Lipinski definition) is 2. The first kappa shape index (κ1) is 13.1. The minimum atomic E-state index is -0.339. The molecular formula is C12H23NOS2. The van der Waals surface area contributed by atoms with Crippen LogP contribution < -0.4 is 5.73 Å². The van der Waals surface area contributed by atoms with E-state index in [1.165, 1.54) is 43.6 Å². The number of rotatable bonds is 4. The normalized spacial score (nSPS) is 28.1. The molecule has 4 heteroatoms. The molecule has 0 aromatic rings. The van der Waals surface area contributed by atoms with Gasteiger partial charge >= 0.3 is 0 Å². The lowest BCUT2D eigenvalue weighted by Crippen LogP contribution is -2.52. The van der Waals surface area contributed by atoms with Gasteiger partial charge in [-0.25, -0.2) is 0 Å². The van der Waals surface area contributed by atoms with Crippen LogP contribution in [0, 0.1) is 5.92 Å². The molecule has 1 atom stereocenters. The lowest BCUT2D eigenvalue weighted by Gasteiger charge is -2.36. The highest BCUT2D eigenvalue weighted by molar-refractivity contribution is 8.20. The van der Waals surface area contributed by atoms with Crippen molar-refractivity contribution < 1.29 is 5.11 Å². The van der Waals surface area contributed by atoms with E-state index in [1.54, 1.807) is 0 Å². The van der Waals surface area contributed by atoms with Crippen LogP contribution in [0.25, 0.3) is 0 Å². The van der Waals surface area contributed by atoms with Crippen molar-refractivity contribution >= 4 is 23.5 Å². The summed E-state index contributed by atoms with van der Waals surface area (Å²) in [6.07, 6.45) is 7.77. The van der Waals surface area contributed by atoms with E-state index in [0.717, 1.165) is 12.3 Å². The highest BCUT2D eigenvalue weighted by atomic mass is 32.2. The number of thioether (sulfide) groups is 2. The third kappa shape index (κ3) is 3.09. The van der Waals surface area contributed by atoms with E-state index in [-0.39, 0.29) is 12.1 Å². The third-order valence-corrected chi connectivity index (χ3v) is 7.28. The molecule has 1 aliphatic heterocycles. The zero-order valence-electron chi connectivity index (χ0n) is 9.86. The Kier molecular flexibility index (Phi) is 4.89. The van der Waals surface area contributed by atoms with Crippen molar-refractivity contribution in [3.8, 4) is 0 Å². The van der Waals surface area contributed by atoms with Crippen LogP contribution in [-0.4, -0.2) is 33.3 Å². The predicted octanol–water partition coefficient (Wildman–Crippen LogP) is 2.45. The minimum absolute atomic E-state index is 0.147. The van der Waals surface area contributed by atoms with Gasteiger partial charge in [0.15, 0.2) is 0 Å². The second kappa shape index (κ2) is 5.98. The fourth-order valence-electron chi connectivity index (χ4n) is 2.85. The molecule has 2 fully saturated rings. The molecule has 1 aliphatic carbocycles. The van der Waals surface area contributed by atoms with Crippen LogP contribution in [0.4, 0.5) is 0 Å². The summed E-state index contributed by atoms with van der Waals surface area (Å²) in [5.74, 6) is 3.14. The molecule has 0 amide bonds. The molecule has 16 heavy (non-hydrogen) atoms. The van der Waals surface area contributed by atoms with Crippen LogP contribution in [0.3, 0.4) is 0 Å². The SMILES string of the molecule is N[C@](CO)(CC1CCCCC1)C1SCCS1.